The number of thiophene rings is 1. The van der Waals surface area contributed by atoms with E-state index < -0.39 is 0 Å². The molecule has 0 spiro atoms. The molecule has 4 rings (SSSR count). The van der Waals surface area contributed by atoms with E-state index in [0.717, 1.165) is 42.4 Å². The maximum Gasteiger partial charge on any atom is 0.286 e. The molecule has 3 aromatic rings. The van der Waals surface area contributed by atoms with Crippen molar-refractivity contribution in [2.24, 2.45) is 0 Å². The standard InChI is InChI=1S/C20H18N4O2S2/c1-12-6-8-13(9-7-12)18-23-20(26-24-18)27-11-17(25)22-19-15(10-21)14-4-2-3-5-16(14)28-19/h6-9H,2-5,11H2,1H3,(H,22,25). The molecule has 6 nitrogen and oxygen atoms in total. The Kier molecular flexibility index (Phi) is 5.46. The van der Waals surface area contributed by atoms with Crippen LogP contribution in [0.3, 0.4) is 0 Å². The first-order chi connectivity index (χ1) is 13.6. The second-order valence-corrected chi connectivity index (χ2v) is 8.65. The Morgan fingerprint density at radius 3 is 2.89 bits per heavy atom. The summed E-state index contributed by atoms with van der Waals surface area (Å²) in [6, 6.07) is 10.1. The van der Waals surface area contributed by atoms with Gasteiger partial charge in [-0.15, -0.1) is 11.3 Å². The van der Waals surface area contributed by atoms with E-state index in [1.807, 2.05) is 31.2 Å². The Bertz CT molecular complexity index is 1050. The minimum atomic E-state index is -0.185. The number of nitriles is 1. The van der Waals surface area contributed by atoms with Gasteiger partial charge in [0.1, 0.15) is 11.1 Å². The fourth-order valence-electron chi connectivity index (χ4n) is 3.15. The monoisotopic (exact) mass is 410 g/mol. The van der Waals surface area contributed by atoms with E-state index in [1.165, 1.54) is 28.0 Å². The molecule has 1 amide bonds. The molecule has 1 aliphatic carbocycles. The van der Waals surface area contributed by atoms with Crippen LogP contribution in [0.5, 0.6) is 0 Å². The van der Waals surface area contributed by atoms with Crippen LogP contribution in [0.4, 0.5) is 5.00 Å². The smallest absolute Gasteiger partial charge is 0.286 e. The third-order valence-corrected chi connectivity index (χ3v) is 6.61. The number of hydrogen-bond acceptors (Lipinski definition) is 7. The lowest BCUT2D eigenvalue weighted by Gasteiger charge is -2.09. The lowest BCUT2D eigenvalue weighted by Crippen LogP contribution is -2.14. The topological polar surface area (TPSA) is 91.8 Å². The summed E-state index contributed by atoms with van der Waals surface area (Å²) in [5, 5.41) is 17.3. The SMILES string of the molecule is Cc1ccc(-c2noc(SCC(=O)Nc3sc4c(c3C#N)CCCC4)n2)cc1. The molecule has 1 aromatic carbocycles. The van der Waals surface area contributed by atoms with Crippen LogP contribution in [0.1, 0.15) is 34.4 Å². The molecule has 0 fully saturated rings. The van der Waals surface area contributed by atoms with E-state index in [0.29, 0.717) is 21.6 Å². The van der Waals surface area contributed by atoms with Crippen LogP contribution in [-0.4, -0.2) is 21.8 Å². The second-order valence-electron chi connectivity index (χ2n) is 6.61. The maximum absolute atomic E-state index is 12.4. The van der Waals surface area contributed by atoms with Crippen LogP contribution >= 0.6 is 23.1 Å². The number of nitrogens with one attached hydrogen (secondary N) is 1. The summed E-state index contributed by atoms with van der Waals surface area (Å²) < 4.78 is 5.23. The molecule has 0 unspecified atom stereocenters. The number of anilines is 1. The van der Waals surface area contributed by atoms with Crippen molar-refractivity contribution in [3.63, 3.8) is 0 Å². The maximum atomic E-state index is 12.4. The highest BCUT2D eigenvalue weighted by Gasteiger charge is 2.22. The fourth-order valence-corrected chi connectivity index (χ4v) is 4.97. The van der Waals surface area contributed by atoms with Gasteiger partial charge in [-0.25, -0.2) is 0 Å². The Labute approximate surface area is 171 Å². The largest absolute Gasteiger partial charge is 0.327 e. The molecule has 8 heteroatoms. The third-order valence-electron chi connectivity index (χ3n) is 4.58. The molecule has 0 bridgehead atoms. The molecule has 1 N–H and O–H groups in total. The number of carbonyl (C=O) groups is 1. The van der Waals surface area contributed by atoms with Gasteiger partial charge in [-0.2, -0.15) is 10.2 Å². The predicted octanol–water partition coefficient (Wildman–Crippen LogP) is 4.59. The molecule has 2 aromatic heterocycles. The number of nitrogens with zero attached hydrogens (tertiary/aromatic N) is 3. The highest BCUT2D eigenvalue weighted by atomic mass is 32.2. The van der Waals surface area contributed by atoms with E-state index in [9.17, 15) is 10.1 Å². The molecule has 142 valence electrons. The number of aryl methyl sites for hydroxylation is 2. The van der Waals surface area contributed by atoms with Crippen LogP contribution < -0.4 is 5.32 Å². The van der Waals surface area contributed by atoms with Crippen molar-refractivity contribution in [1.82, 2.24) is 10.1 Å². The average molecular weight is 411 g/mol. The van der Waals surface area contributed by atoms with Crippen molar-refractivity contribution in [3.8, 4) is 17.5 Å². The molecule has 2 heterocycles. The quantitative estimate of drug-likeness (QED) is 0.619. The first-order valence-corrected chi connectivity index (χ1v) is 10.8. The van der Waals surface area contributed by atoms with Gasteiger partial charge >= 0.3 is 0 Å². The lowest BCUT2D eigenvalue weighted by molar-refractivity contribution is -0.113. The predicted molar refractivity (Wildman–Crippen MR) is 110 cm³/mol. The molecular weight excluding hydrogens is 392 g/mol. The van der Waals surface area contributed by atoms with Crippen LogP contribution in [0, 0.1) is 18.3 Å². The van der Waals surface area contributed by atoms with Gasteiger partial charge in [-0.1, -0.05) is 46.7 Å². The van der Waals surface area contributed by atoms with E-state index >= 15 is 0 Å². The Hall–Kier alpha value is -2.63. The molecule has 0 aliphatic heterocycles. The number of thioether (sulfide) groups is 1. The Morgan fingerprint density at radius 2 is 2.11 bits per heavy atom. The number of aromatic nitrogens is 2. The van der Waals surface area contributed by atoms with E-state index in [2.05, 4.69) is 21.5 Å². The average Bonchev–Trinajstić information content (AvgIpc) is 3.31. The van der Waals surface area contributed by atoms with E-state index in [-0.39, 0.29) is 11.7 Å². The molecule has 0 atom stereocenters. The summed E-state index contributed by atoms with van der Waals surface area (Å²) in [5.74, 6) is 0.457. The minimum Gasteiger partial charge on any atom is -0.327 e. The first-order valence-electron chi connectivity index (χ1n) is 9.02. The Morgan fingerprint density at radius 1 is 1.32 bits per heavy atom. The summed E-state index contributed by atoms with van der Waals surface area (Å²) in [6.07, 6.45) is 4.15. The number of carbonyl (C=O) groups excluding carboxylic acids is 1. The lowest BCUT2D eigenvalue weighted by atomic mass is 9.96. The van der Waals surface area contributed by atoms with Crippen molar-refractivity contribution in [3.05, 3.63) is 45.8 Å². The van der Waals surface area contributed by atoms with Crippen molar-refractivity contribution in [1.29, 1.82) is 5.26 Å². The summed E-state index contributed by atoms with van der Waals surface area (Å²) in [7, 11) is 0. The first kappa shape index (κ1) is 18.7. The van der Waals surface area contributed by atoms with Crippen LogP contribution in [0.15, 0.2) is 34.0 Å². The van der Waals surface area contributed by atoms with Crippen LogP contribution in [0.25, 0.3) is 11.4 Å². The van der Waals surface area contributed by atoms with Crippen molar-refractivity contribution in [2.45, 2.75) is 37.8 Å². The zero-order valence-corrected chi connectivity index (χ0v) is 17.0. The van der Waals surface area contributed by atoms with Gasteiger partial charge in [-0.3, -0.25) is 4.79 Å². The van der Waals surface area contributed by atoms with Gasteiger partial charge in [0, 0.05) is 10.4 Å². The highest BCUT2D eigenvalue weighted by Crippen LogP contribution is 2.37. The molecule has 28 heavy (non-hydrogen) atoms. The zero-order chi connectivity index (χ0) is 19.5. The molecular formula is C20H18N4O2S2. The van der Waals surface area contributed by atoms with E-state index in [4.69, 9.17) is 4.52 Å². The van der Waals surface area contributed by atoms with Crippen molar-refractivity contribution >= 4 is 34.0 Å². The number of rotatable bonds is 5. The highest BCUT2D eigenvalue weighted by molar-refractivity contribution is 7.99. The Balaban J connectivity index is 1.38. The van der Waals surface area contributed by atoms with Crippen LogP contribution in [0.2, 0.25) is 0 Å². The van der Waals surface area contributed by atoms with E-state index in [1.54, 1.807) is 0 Å². The third kappa shape index (κ3) is 3.96. The van der Waals surface area contributed by atoms with Gasteiger partial charge in [0.2, 0.25) is 11.7 Å². The summed E-state index contributed by atoms with van der Waals surface area (Å²) in [5.41, 5.74) is 3.76. The number of fused-ring (bicyclic) bond motifs is 1. The van der Waals surface area contributed by atoms with Gasteiger partial charge in [0.15, 0.2) is 0 Å². The minimum absolute atomic E-state index is 0.142. The van der Waals surface area contributed by atoms with Gasteiger partial charge in [0.05, 0.1) is 11.3 Å². The number of hydrogen-bond donors (Lipinski definition) is 1. The normalized spacial score (nSPS) is 13.0. The van der Waals surface area contributed by atoms with Gasteiger partial charge < -0.3 is 9.84 Å². The number of benzene rings is 1. The molecule has 0 saturated carbocycles. The van der Waals surface area contributed by atoms with Gasteiger partial charge in [-0.05, 0) is 38.2 Å². The van der Waals surface area contributed by atoms with Crippen molar-refractivity contribution < 1.29 is 9.32 Å². The van der Waals surface area contributed by atoms with Crippen LogP contribution in [-0.2, 0) is 17.6 Å². The van der Waals surface area contributed by atoms with Crippen molar-refractivity contribution in [2.75, 3.05) is 11.1 Å². The summed E-state index contributed by atoms with van der Waals surface area (Å²) in [6.45, 7) is 2.02. The molecule has 1 aliphatic rings. The molecule has 0 radical (unpaired) electrons. The van der Waals surface area contributed by atoms with Gasteiger partial charge in [0.25, 0.3) is 5.22 Å². The zero-order valence-electron chi connectivity index (χ0n) is 15.3. The summed E-state index contributed by atoms with van der Waals surface area (Å²) >= 11 is 2.71. The molecule has 0 saturated heterocycles. The number of amides is 1. The fraction of sp³-hybridized carbons (Fsp3) is 0.300. The second kappa shape index (κ2) is 8.17. The summed E-state index contributed by atoms with van der Waals surface area (Å²) in [4.78, 5) is 17.9.